The Morgan fingerprint density at radius 3 is 2.75 bits per heavy atom. The minimum atomic E-state index is 0. The lowest BCUT2D eigenvalue weighted by Crippen LogP contribution is -2.42. The van der Waals surface area contributed by atoms with E-state index >= 15 is 0 Å². The third kappa shape index (κ3) is 3.36. The molecule has 4 heteroatoms. The van der Waals surface area contributed by atoms with Crippen LogP contribution in [0.1, 0.15) is 39.0 Å². The molecule has 1 aliphatic carbocycles. The maximum atomic E-state index is 11.8. The minimum Gasteiger partial charge on any atom is -0.355 e. The van der Waals surface area contributed by atoms with E-state index in [0.717, 1.165) is 32.5 Å². The molecule has 16 heavy (non-hydrogen) atoms. The zero-order chi connectivity index (χ0) is 10.7. The Hall–Kier alpha value is -0.280. The van der Waals surface area contributed by atoms with Crippen LogP contribution in [0.2, 0.25) is 0 Å². The van der Waals surface area contributed by atoms with E-state index < -0.39 is 0 Å². The Morgan fingerprint density at radius 1 is 1.50 bits per heavy atom. The van der Waals surface area contributed by atoms with Crippen LogP contribution in [0.5, 0.6) is 0 Å². The summed E-state index contributed by atoms with van der Waals surface area (Å²) in [7, 11) is 0. The number of carbonyl (C=O) groups excluding carboxylic acids is 1. The zero-order valence-electron chi connectivity index (χ0n) is 10.1. The van der Waals surface area contributed by atoms with Crippen molar-refractivity contribution in [2.24, 2.45) is 11.3 Å². The van der Waals surface area contributed by atoms with Gasteiger partial charge in [0.2, 0.25) is 5.91 Å². The second kappa shape index (κ2) is 5.87. The Balaban J connectivity index is 0.00000128. The molecule has 1 saturated carbocycles. The summed E-state index contributed by atoms with van der Waals surface area (Å²) in [5.74, 6) is 0.480. The third-order valence-corrected chi connectivity index (χ3v) is 4.01. The highest BCUT2D eigenvalue weighted by Gasteiger charge is 2.40. The fourth-order valence-electron chi connectivity index (χ4n) is 2.33. The van der Waals surface area contributed by atoms with Crippen LogP contribution in [-0.2, 0) is 4.79 Å². The maximum Gasteiger partial charge on any atom is 0.224 e. The van der Waals surface area contributed by atoms with Crippen molar-refractivity contribution in [3.05, 3.63) is 0 Å². The van der Waals surface area contributed by atoms with Gasteiger partial charge in [-0.05, 0) is 44.1 Å². The van der Waals surface area contributed by atoms with E-state index in [0.29, 0.717) is 5.41 Å². The molecule has 2 N–H and O–H groups in total. The molecular weight excluding hydrogens is 224 g/mol. The van der Waals surface area contributed by atoms with Gasteiger partial charge in [-0.25, -0.2) is 0 Å². The number of hydrogen-bond donors (Lipinski definition) is 2. The van der Waals surface area contributed by atoms with Gasteiger partial charge in [0.25, 0.3) is 0 Å². The Morgan fingerprint density at radius 2 is 2.25 bits per heavy atom. The summed E-state index contributed by atoms with van der Waals surface area (Å²) in [6.45, 7) is 5.06. The smallest absolute Gasteiger partial charge is 0.224 e. The average molecular weight is 247 g/mol. The molecule has 0 radical (unpaired) electrons. The minimum absolute atomic E-state index is 0. The molecule has 2 aliphatic rings. The third-order valence-electron chi connectivity index (χ3n) is 4.01. The van der Waals surface area contributed by atoms with Crippen LogP contribution < -0.4 is 10.6 Å². The van der Waals surface area contributed by atoms with Crippen LogP contribution in [0.4, 0.5) is 0 Å². The summed E-state index contributed by atoms with van der Waals surface area (Å²) in [5, 5.41) is 6.41. The molecule has 1 unspecified atom stereocenters. The molecule has 0 aromatic rings. The predicted octanol–water partition coefficient (Wildman–Crippen LogP) is 1.71. The van der Waals surface area contributed by atoms with Gasteiger partial charge in [-0.3, -0.25) is 4.79 Å². The second-order valence-electron chi connectivity index (χ2n) is 5.11. The highest BCUT2D eigenvalue weighted by atomic mass is 35.5. The van der Waals surface area contributed by atoms with Gasteiger partial charge in [-0.1, -0.05) is 6.92 Å². The summed E-state index contributed by atoms with van der Waals surface area (Å²) in [5.41, 5.74) is 0.470. The van der Waals surface area contributed by atoms with Crippen molar-refractivity contribution in [2.75, 3.05) is 19.6 Å². The quantitative estimate of drug-likeness (QED) is 0.793. The van der Waals surface area contributed by atoms with Crippen molar-refractivity contribution < 1.29 is 4.79 Å². The number of piperidine rings is 1. The van der Waals surface area contributed by atoms with Gasteiger partial charge in [0.05, 0.1) is 5.92 Å². The Bertz CT molecular complexity index is 235. The Labute approximate surface area is 104 Å². The Kier molecular flexibility index (Phi) is 5.06. The first-order valence-electron chi connectivity index (χ1n) is 6.24. The summed E-state index contributed by atoms with van der Waals surface area (Å²) in [6.07, 6.45) is 5.99. The van der Waals surface area contributed by atoms with E-state index in [1.54, 1.807) is 0 Å². The molecule has 1 saturated heterocycles. The molecule has 2 fully saturated rings. The largest absolute Gasteiger partial charge is 0.355 e. The normalized spacial score (nSPS) is 26.7. The molecule has 1 aliphatic heterocycles. The first kappa shape index (κ1) is 13.8. The van der Waals surface area contributed by atoms with E-state index in [4.69, 9.17) is 0 Å². The number of rotatable bonds is 4. The lowest BCUT2D eigenvalue weighted by atomic mass is 9.98. The number of amides is 1. The summed E-state index contributed by atoms with van der Waals surface area (Å²) in [4.78, 5) is 11.8. The van der Waals surface area contributed by atoms with E-state index in [1.165, 1.54) is 19.3 Å². The molecule has 2 rings (SSSR count). The van der Waals surface area contributed by atoms with Gasteiger partial charge in [0, 0.05) is 13.1 Å². The monoisotopic (exact) mass is 246 g/mol. The molecule has 1 amide bonds. The standard InChI is InChI=1S/C12H22N2O.ClH/c1-2-12(5-6-12)9-14-11(15)10-4-3-7-13-8-10;/h10,13H,2-9H2,1H3,(H,14,15);1H. The lowest BCUT2D eigenvalue weighted by Gasteiger charge is -2.23. The van der Waals surface area contributed by atoms with Gasteiger partial charge in [-0.15, -0.1) is 12.4 Å². The number of nitrogens with one attached hydrogen (secondary N) is 2. The van der Waals surface area contributed by atoms with Crippen molar-refractivity contribution in [3.8, 4) is 0 Å². The van der Waals surface area contributed by atoms with Crippen molar-refractivity contribution in [1.29, 1.82) is 0 Å². The van der Waals surface area contributed by atoms with Gasteiger partial charge >= 0.3 is 0 Å². The molecule has 0 aromatic heterocycles. The molecule has 0 bridgehead atoms. The SMILES string of the molecule is CCC1(CNC(=O)C2CCCNC2)CC1.Cl. The maximum absolute atomic E-state index is 11.8. The van der Waals surface area contributed by atoms with Crippen molar-refractivity contribution in [3.63, 3.8) is 0 Å². The lowest BCUT2D eigenvalue weighted by molar-refractivity contribution is -0.125. The number of halogens is 1. The first-order chi connectivity index (χ1) is 7.26. The van der Waals surface area contributed by atoms with E-state index in [2.05, 4.69) is 17.6 Å². The zero-order valence-corrected chi connectivity index (χ0v) is 10.9. The van der Waals surface area contributed by atoms with Crippen molar-refractivity contribution >= 4 is 18.3 Å². The fourth-order valence-corrected chi connectivity index (χ4v) is 2.33. The summed E-state index contributed by atoms with van der Waals surface area (Å²) < 4.78 is 0. The van der Waals surface area contributed by atoms with Gasteiger partial charge in [0.1, 0.15) is 0 Å². The van der Waals surface area contributed by atoms with E-state index in [1.807, 2.05) is 0 Å². The summed E-state index contributed by atoms with van der Waals surface area (Å²) in [6, 6.07) is 0. The molecular formula is C12H23ClN2O. The highest BCUT2D eigenvalue weighted by Crippen LogP contribution is 2.47. The predicted molar refractivity (Wildman–Crippen MR) is 67.8 cm³/mol. The molecule has 3 nitrogen and oxygen atoms in total. The van der Waals surface area contributed by atoms with Crippen molar-refractivity contribution in [1.82, 2.24) is 10.6 Å². The molecule has 1 atom stereocenters. The van der Waals surface area contributed by atoms with Gasteiger partial charge < -0.3 is 10.6 Å². The van der Waals surface area contributed by atoms with Crippen LogP contribution in [0.3, 0.4) is 0 Å². The molecule has 0 spiro atoms. The topological polar surface area (TPSA) is 41.1 Å². The first-order valence-corrected chi connectivity index (χ1v) is 6.24. The molecule has 0 aromatic carbocycles. The molecule has 94 valence electrons. The van der Waals surface area contributed by atoms with Crippen LogP contribution in [0, 0.1) is 11.3 Å². The van der Waals surface area contributed by atoms with E-state index in [-0.39, 0.29) is 24.2 Å². The van der Waals surface area contributed by atoms with Gasteiger partial charge in [-0.2, -0.15) is 0 Å². The van der Waals surface area contributed by atoms with Crippen molar-refractivity contribution in [2.45, 2.75) is 39.0 Å². The molecule has 1 heterocycles. The number of carbonyl (C=O) groups is 1. The van der Waals surface area contributed by atoms with Crippen LogP contribution in [0.25, 0.3) is 0 Å². The van der Waals surface area contributed by atoms with Crippen LogP contribution >= 0.6 is 12.4 Å². The summed E-state index contributed by atoms with van der Waals surface area (Å²) >= 11 is 0. The van der Waals surface area contributed by atoms with Gasteiger partial charge in [0.15, 0.2) is 0 Å². The highest BCUT2D eigenvalue weighted by molar-refractivity contribution is 5.85. The number of hydrogen-bond acceptors (Lipinski definition) is 2. The average Bonchev–Trinajstić information content (AvgIpc) is 3.08. The van der Waals surface area contributed by atoms with Crippen LogP contribution in [-0.4, -0.2) is 25.5 Å². The fraction of sp³-hybridized carbons (Fsp3) is 0.917. The van der Waals surface area contributed by atoms with Crippen LogP contribution in [0.15, 0.2) is 0 Å². The second-order valence-corrected chi connectivity index (χ2v) is 5.11. The van der Waals surface area contributed by atoms with E-state index in [9.17, 15) is 4.79 Å².